The summed E-state index contributed by atoms with van der Waals surface area (Å²) < 4.78 is 24.4. The van der Waals surface area contributed by atoms with Gasteiger partial charge in [-0.15, -0.1) is 0 Å². The fourth-order valence-electron chi connectivity index (χ4n) is 0.818. The van der Waals surface area contributed by atoms with Crippen LogP contribution >= 0.6 is 0 Å². The highest BCUT2D eigenvalue weighted by molar-refractivity contribution is 7.88. The molecule has 0 saturated carbocycles. The van der Waals surface area contributed by atoms with E-state index in [9.17, 15) is 8.42 Å². The highest BCUT2D eigenvalue weighted by Gasteiger charge is 2.13. The van der Waals surface area contributed by atoms with Crippen molar-refractivity contribution in [2.75, 3.05) is 7.05 Å². The number of nitrogens with zero attached hydrogens (tertiary/aromatic N) is 3. The molecule has 0 unspecified atom stereocenters. The third-order valence-electron chi connectivity index (χ3n) is 1.52. The van der Waals surface area contributed by atoms with Crippen molar-refractivity contribution in [1.82, 2.24) is 14.7 Å². The third kappa shape index (κ3) is 2.48. The van der Waals surface area contributed by atoms with E-state index < -0.39 is 10.0 Å². The van der Waals surface area contributed by atoms with E-state index in [-0.39, 0.29) is 17.1 Å². The van der Waals surface area contributed by atoms with Gasteiger partial charge in [-0.2, -0.15) is 5.26 Å². The first kappa shape index (κ1) is 10.6. The molecule has 0 bridgehead atoms. The highest BCUT2D eigenvalue weighted by atomic mass is 32.2. The molecule has 0 aliphatic carbocycles. The molecule has 1 aromatic rings. The summed E-state index contributed by atoms with van der Waals surface area (Å²) in [6.45, 7) is 0. The van der Waals surface area contributed by atoms with Gasteiger partial charge >= 0.3 is 0 Å². The largest absolute Gasteiger partial charge is 0.256 e. The Bertz CT molecular complexity index is 463. The predicted octanol–water partition coefficient (Wildman–Crippen LogP) is -0.603. The Balaban J connectivity index is 3.05. The number of sulfonamides is 1. The lowest BCUT2D eigenvalue weighted by molar-refractivity contribution is 0.586. The first-order chi connectivity index (χ1) is 6.59. The SMILES string of the molecule is CNS(=O)(=O)Cc1nccnc1C#N. The minimum atomic E-state index is -3.41. The highest BCUT2D eigenvalue weighted by Crippen LogP contribution is 2.04. The maximum absolute atomic E-state index is 11.1. The molecule has 1 aromatic heterocycles. The van der Waals surface area contributed by atoms with Crippen LogP contribution in [0.15, 0.2) is 12.4 Å². The van der Waals surface area contributed by atoms with Gasteiger partial charge < -0.3 is 0 Å². The third-order valence-corrected chi connectivity index (χ3v) is 2.79. The number of rotatable bonds is 3. The van der Waals surface area contributed by atoms with Crippen LogP contribution in [0.1, 0.15) is 11.4 Å². The number of nitrogens with one attached hydrogen (secondary N) is 1. The quantitative estimate of drug-likeness (QED) is 0.721. The Kier molecular flexibility index (Phi) is 3.11. The van der Waals surface area contributed by atoms with Crippen molar-refractivity contribution in [3.63, 3.8) is 0 Å². The molecule has 6 nitrogen and oxygen atoms in total. The topological polar surface area (TPSA) is 95.7 Å². The smallest absolute Gasteiger partial charge is 0.217 e. The van der Waals surface area contributed by atoms with Crippen molar-refractivity contribution >= 4 is 10.0 Å². The van der Waals surface area contributed by atoms with E-state index in [0.717, 1.165) is 0 Å². The second-order valence-electron chi connectivity index (χ2n) is 2.43. The molecule has 7 heteroatoms. The van der Waals surface area contributed by atoms with E-state index >= 15 is 0 Å². The van der Waals surface area contributed by atoms with Gasteiger partial charge in [-0.25, -0.2) is 18.1 Å². The van der Waals surface area contributed by atoms with Gasteiger partial charge in [0.05, 0.1) is 5.69 Å². The molecule has 0 atom stereocenters. The van der Waals surface area contributed by atoms with Crippen LogP contribution in [0.4, 0.5) is 0 Å². The van der Waals surface area contributed by atoms with Gasteiger partial charge in [0, 0.05) is 12.4 Å². The zero-order chi connectivity index (χ0) is 10.6. The summed E-state index contributed by atoms with van der Waals surface area (Å²) in [6, 6.07) is 1.78. The van der Waals surface area contributed by atoms with Crippen molar-refractivity contribution in [1.29, 1.82) is 5.26 Å². The van der Waals surface area contributed by atoms with Gasteiger partial charge in [0.2, 0.25) is 10.0 Å². The summed E-state index contributed by atoms with van der Waals surface area (Å²) in [5.74, 6) is -0.333. The van der Waals surface area contributed by atoms with Gasteiger partial charge in [0.1, 0.15) is 11.8 Å². The Labute approximate surface area is 81.7 Å². The molecule has 0 saturated heterocycles. The summed E-state index contributed by atoms with van der Waals surface area (Å²) >= 11 is 0. The standard InChI is InChI=1S/C7H8N4O2S/c1-9-14(12,13)5-7-6(4-8)10-2-3-11-7/h2-3,9H,5H2,1H3. The summed E-state index contributed by atoms with van der Waals surface area (Å²) in [6.07, 6.45) is 2.69. The van der Waals surface area contributed by atoms with Gasteiger partial charge in [-0.05, 0) is 7.05 Å². The van der Waals surface area contributed by atoms with Crippen LogP contribution in [0.2, 0.25) is 0 Å². The van der Waals surface area contributed by atoms with E-state index in [0.29, 0.717) is 0 Å². The molecule has 0 radical (unpaired) electrons. The first-order valence-electron chi connectivity index (χ1n) is 3.70. The van der Waals surface area contributed by atoms with Gasteiger partial charge in [-0.1, -0.05) is 0 Å². The van der Waals surface area contributed by atoms with Crippen LogP contribution in [0.3, 0.4) is 0 Å². The predicted molar refractivity (Wildman–Crippen MR) is 48.4 cm³/mol. The molecule has 0 aliphatic heterocycles. The lowest BCUT2D eigenvalue weighted by Gasteiger charge is -2.01. The minimum Gasteiger partial charge on any atom is -0.256 e. The Morgan fingerprint density at radius 3 is 2.71 bits per heavy atom. The van der Waals surface area contributed by atoms with Crippen LogP contribution in [0, 0.1) is 11.3 Å². The van der Waals surface area contributed by atoms with Crippen LogP contribution < -0.4 is 4.72 Å². The second-order valence-corrected chi connectivity index (χ2v) is 4.35. The Morgan fingerprint density at radius 2 is 2.14 bits per heavy atom. The number of nitriles is 1. The zero-order valence-electron chi connectivity index (χ0n) is 7.43. The molecule has 1 rings (SSSR count). The average Bonchev–Trinajstić information content (AvgIpc) is 2.18. The molecule has 1 heterocycles. The summed E-state index contributed by atoms with van der Waals surface area (Å²) in [7, 11) is -2.11. The number of hydrogen-bond acceptors (Lipinski definition) is 5. The normalized spacial score (nSPS) is 10.9. The maximum Gasteiger partial charge on any atom is 0.217 e. The van der Waals surface area contributed by atoms with Crippen molar-refractivity contribution < 1.29 is 8.42 Å². The number of hydrogen-bond donors (Lipinski definition) is 1. The molecule has 0 aromatic carbocycles. The summed E-state index contributed by atoms with van der Waals surface area (Å²) in [5.41, 5.74) is 0.190. The van der Waals surface area contributed by atoms with E-state index in [1.54, 1.807) is 6.07 Å². The fraction of sp³-hybridized carbons (Fsp3) is 0.286. The first-order valence-corrected chi connectivity index (χ1v) is 5.35. The van der Waals surface area contributed by atoms with E-state index in [4.69, 9.17) is 5.26 Å². The molecule has 0 fully saturated rings. The van der Waals surface area contributed by atoms with E-state index in [1.165, 1.54) is 19.4 Å². The minimum absolute atomic E-state index is 0.0336. The monoisotopic (exact) mass is 212 g/mol. The fourth-order valence-corrected chi connectivity index (χ4v) is 1.53. The molecular formula is C7H8N4O2S. The van der Waals surface area contributed by atoms with Crippen LogP contribution in [-0.2, 0) is 15.8 Å². The average molecular weight is 212 g/mol. The zero-order valence-corrected chi connectivity index (χ0v) is 8.24. The Hall–Kier alpha value is -1.52. The van der Waals surface area contributed by atoms with Crippen LogP contribution in [0.25, 0.3) is 0 Å². The molecule has 14 heavy (non-hydrogen) atoms. The number of aromatic nitrogens is 2. The van der Waals surface area contributed by atoms with Gasteiger partial charge in [0.25, 0.3) is 0 Å². The molecule has 0 spiro atoms. The van der Waals surface area contributed by atoms with E-state index in [2.05, 4.69) is 14.7 Å². The Morgan fingerprint density at radius 1 is 1.50 bits per heavy atom. The van der Waals surface area contributed by atoms with Crippen LogP contribution in [-0.4, -0.2) is 25.4 Å². The lowest BCUT2D eigenvalue weighted by Crippen LogP contribution is -2.21. The van der Waals surface area contributed by atoms with Crippen LogP contribution in [0.5, 0.6) is 0 Å². The molecule has 74 valence electrons. The van der Waals surface area contributed by atoms with E-state index in [1.807, 2.05) is 0 Å². The maximum atomic E-state index is 11.1. The molecule has 1 N–H and O–H groups in total. The second kappa shape index (κ2) is 4.13. The molecule has 0 aliphatic rings. The summed E-state index contributed by atoms with van der Waals surface area (Å²) in [5, 5.41) is 8.62. The lowest BCUT2D eigenvalue weighted by atomic mass is 10.3. The summed E-state index contributed by atoms with van der Waals surface area (Å²) in [4.78, 5) is 7.48. The van der Waals surface area contributed by atoms with Gasteiger partial charge in [0.15, 0.2) is 5.69 Å². The molecule has 0 amide bonds. The van der Waals surface area contributed by atoms with Crippen molar-refractivity contribution in [2.24, 2.45) is 0 Å². The van der Waals surface area contributed by atoms with Crippen molar-refractivity contribution in [3.05, 3.63) is 23.8 Å². The van der Waals surface area contributed by atoms with Gasteiger partial charge in [-0.3, -0.25) is 4.98 Å². The molecular weight excluding hydrogens is 204 g/mol. The van der Waals surface area contributed by atoms with Crippen molar-refractivity contribution in [3.8, 4) is 6.07 Å². The van der Waals surface area contributed by atoms with Crippen molar-refractivity contribution in [2.45, 2.75) is 5.75 Å².